The lowest BCUT2D eigenvalue weighted by Crippen LogP contribution is -2.39. The largest absolute Gasteiger partial charge is 0.395 e. The van der Waals surface area contributed by atoms with E-state index in [9.17, 15) is 9.59 Å². The summed E-state index contributed by atoms with van der Waals surface area (Å²) in [5, 5.41) is 19.3. The van der Waals surface area contributed by atoms with Gasteiger partial charge in [0, 0.05) is 55.9 Å². The summed E-state index contributed by atoms with van der Waals surface area (Å²) < 4.78 is 0. The predicted molar refractivity (Wildman–Crippen MR) is 110 cm³/mol. The van der Waals surface area contributed by atoms with Gasteiger partial charge in [-0.25, -0.2) is 9.78 Å². The summed E-state index contributed by atoms with van der Waals surface area (Å²) in [5.41, 5.74) is 9.21. The van der Waals surface area contributed by atoms with Crippen molar-refractivity contribution in [3.05, 3.63) is 52.7 Å². The van der Waals surface area contributed by atoms with E-state index >= 15 is 0 Å². The van der Waals surface area contributed by atoms with Crippen LogP contribution in [0.3, 0.4) is 0 Å². The number of urea groups is 1. The molecule has 1 aliphatic rings. The lowest BCUT2D eigenvalue weighted by molar-refractivity contribution is 0.0767. The number of anilines is 2. The lowest BCUT2D eigenvalue weighted by atomic mass is 9.97. The second-order valence-electron chi connectivity index (χ2n) is 6.84. The Balaban J connectivity index is 1.71. The van der Waals surface area contributed by atoms with E-state index in [4.69, 9.17) is 16.2 Å². The van der Waals surface area contributed by atoms with E-state index in [0.29, 0.717) is 42.1 Å². The van der Waals surface area contributed by atoms with E-state index in [-0.39, 0.29) is 25.1 Å². The van der Waals surface area contributed by atoms with Gasteiger partial charge >= 0.3 is 6.03 Å². The minimum absolute atomic E-state index is 0.116. The van der Waals surface area contributed by atoms with Gasteiger partial charge < -0.3 is 31.4 Å². The van der Waals surface area contributed by atoms with Crippen LogP contribution in [-0.4, -0.2) is 64.8 Å². The molecule has 0 aliphatic carbocycles. The highest BCUT2D eigenvalue weighted by molar-refractivity contribution is 5.97. The Morgan fingerprint density at radius 1 is 1.45 bits per heavy atom. The van der Waals surface area contributed by atoms with Crippen LogP contribution in [0, 0.1) is 5.41 Å². The first-order valence-corrected chi connectivity index (χ1v) is 9.23. The summed E-state index contributed by atoms with van der Waals surface area (Å²) in [5.74, 6) is 0.0918. The molecule has 3 amide bonds. The number of likely N-dealkylation sites (N-methyl/N-ethyl adjacent to an activating group) is 1. The third-order valence-corrected chi connectivity index (χ3v) is 4.92. The van der Waals surface area contributed by atoms with Gasteiger partial charge in [0.05, 0.1) is 6.61 Å². The number of nitrogens with two attached hydrogens (primary N) is 1. The Hall–Kier alpha value is -3.46. The number of aromatic nitrogens is 1. The number of carbonyl (C=O) groups is 2. The van der Waals surface area contributed by atoms with Gasteiger partial charge in [-0.05, 0) is 35.7 Å². The van der Waals surface area contributed by atoms with Gasteiger partial charge in [0.2, 0.25) is 0 Å². The second kappa shape index (κ2) is 8.70. The number of hydrogen-bond acceptors (Lipinski definition) is 6. The average Bonchev–Trinajstić information content (AvgIpc) is 2.73. The number of nitrogen functional groups attached to an aromatic ring is 1. The number of nitrogens with zero attached hydrogens (tertiary/aromatic N) is 3. The highest BCUT2D eigenvalue weighted by Gasteiger charge is 2.24. The average molecular weight is 396 g/mol. The minimum Gasteiger partial charge on any atom is -0.395 e. The van der Waals surface area contributed by atoms with Crippen molar-refractivity contribution in [1.82, 2.24) is 14.8 Å². The molecule has 1 aromatic carbocycles. The van der Waals surface area contributed by atoms with Crippen LogP contribution in [0.2, 0.25) is 0 Å². The maximum atomic E-state index is 12.7. The van der Waals surface area contributed by atoms with Crippen molar-refractivity contribution in [2.24, 2.45) is 0 Å². The van der Waals surface area contributed by atoms with Crippen LogP contribution in [0.1, 0.15) is 27.0 Å². The van der Waals surface area contributed by atoms with E-state index < -0.39 is 0 Å². The zero-order valence-corrected chi connectivity index (χ0v) is 16.2. The molecule has 0 atom stereocenters. The maximum absolute atomic E-state index is 12.7. The fraction of sp³-hybridized carbons (Fsp3) is 0.300. The summed E-state index contributed by atoms with van der Waals surface area (Å²) in [6, 6.07) is 6.41. The Labute approximate surface area is 168 Å². The van der Waals surface area contributed by atoms with Crippen LogP contribution < -0.4 is 11.1 Å². The third kappa shape index (κ3) is 4.35. The summed E-state index contributed by atoms with van der Waals surface area (Å²) in [6.45, 7) is 0.975. The number of aliphatic hydroxyl groups is 1. The fourth-order valence-corrected chi connectivity index (χ4v) is 3.32. The molecule has 5 N–H and O–H groups in total. The summed E-state index contributed by atoms with van der Waals surface area (Å²) >= 11 is 0. The molecule has 0 fully saturated rings. The standard InChI is InChI=1S/C20H24N6O3/c1-25(7-8-27)19(28)13-3-2-4-15(9-13)24-20(29)26-6-5-16-14(12-26)11-23-18(22)17(16)10-21/h2-4,9-11,21,27H,5-8,12H2,1H3,(H2,22,23)(H,24,29). The normalized spacial score (nSPS) is 12.8. The smallest absolute Gasteiger partial charge is 0.322 e. The minimum atomic E-state index is -0.280. The van der Waals surface area contributed by atoms with Crippen LogP contribution in [-0.2, 0) is 13.0 Å². The molecule has 0 saturated heterocycles. The number of aliphatic hydroxyl groups excluding tert-OH is 1. The number of rotatable bonds is 5. The predicted octanol–water partition coefficient (Wildman–Crippen LogP) is 1.32. The molecule has 29 heavy (non-hydrogen) atoms. The number of fused-ring (bicyclic) bond motifs is 1. The highest BCUT2D eigenvalue weighted by atomic mass is 16.3. The summed E-state index contributed by atoms with van der Waals surface area (Å²) in [6.07, 6.45) is 3.44. The van der Waals surface area contributed by atoms with E-state index in [0.717, 1.165) is 11.1 Å². The summed E-state index contributed by atoms with van der Waals surface area (Å²) in [7, 11) is 1.61. The monoisotopic (exact) mass is 396 g/mol. The van der Waals surface area contributed by atoms with Crippen LogP contribution in [0.4, 0.5) is 16.3 Å². The van der Waals surface area contributed by atoms with Gasteiger partial charge in [0.25, 0.3) is 5.91 Å². The Morgan fingerprint density at radius 2 is 2.24 bits per heavy atom. The number of nitrogens with one attached hydrogen (secondary N) is 2. The first-order valence-electron chi connectivity index (χ1n) is 9.23. The molecule has 9 nitrogen and oxygen atoms in total. The number of benzene rings is 1. The van der Waals surface area contributed by atoms with Crippen molar-refractivity contribution in [1.29, 1.82) is 5.41 Å². The van der Waals surface area contributed by atoms with Crippen molar-refractivity contribution in [3.63, 3.8) is 0 Å². The van der Waals surface area contributed by atoms with Crippen molar-refractivity contribution in [2.75, 3.05) is 37.8 Å². The van der Waals surface area contributed by atoms with Crippen molar-refractivity contribution < 1.29 is 14.7 Å². The Bertz CT molecular complexity index is 946. The number of amides is 3. The lowest BCUT2D eigenvalue weighted by Gasteiger charge is -2.30. The quantitative estimate of drug-likeness (QED) is 0.565. The Morgan fingerprint density at radius 3 is 2.97 bits per heavy atom. The van der Waals surface area contributed by atoms with E-state index in [1.165, 1.54) is 11.1 Å². The molecule has 0 bridgehead atoms. The van der Waals surface area contributed by atoms with Gasteiger partial charge in [-0.2, -0.15) is 0 Å². The van der Waals surface area contributed by atoms with Crippen molar-refractivity contribution >= 4 is 29.7 Å². The molecule has 1 aliphatic heterocycles. The van der Waals surface area contributed by atoms with Gasteiger partial charge in [-0.15, -0.1) is 0 Å². The molecule has 0 unspecified atom stereocenters. The molecular weight excluding hydrogens is 372 g/mol. The van der Waals surface area contributed by atoms with E-state index in [1.807, 2.05) is 0 Å². The topological polar surface area (TPSA) is 136 Å². The molecule has 0 radical (unpaired) electrons. The van der Waals surface area contributed by atoms with E-state index in [1.54, 1.807) is 42.4 Å². The second-order valence-corrected chi connectivity index (χ2v) is 6.84. The molecule has 2 heterocycles. The summed E-state index contributed by atoms with van der Waals surface area (Å²) in [4.78, 5) is 32.3. The number of pyridine rings is 1. The first kappa shape index (κ1) is 20.3. The van der Waals surface area contributed by atoms with Crippen LogP contribution in [0.25, 0.3) is 0 Å². The molecular formula is C20H24N6O3. The van der Waals surface area contributed by atoms with Gasteiger partial charge in [-0.1, -0.05) is 6.07 Å². The molecule has 2 aromatic rings. The van der Waals surface area contributed by atoms with E-state index in [2.05, 4.69) is 10.3 Å². The molecule has 152 valence electrons. The third-order valence-electron chi connectivity index (χ3n) is 4.92. The maximum Gasteiger partial charge on any atom is 0.322 e. The Kier molecular flexibility index (Phi) is 6.08. The van der Waals surface area contributed by atoms with Crippen molar-refractivity contribution in [3.8, 4) is 0 Å². The SMILES string of the molecule is CN(CCO)C(=O)c1cccc(NC(=O)N2CCc3c(cnc(N)c3C=N)C2)c1. The van der Waals surface area contributed by atoms with Crippen LogP contribution in [0.5, 0.6) is 0 Å². The molecule has 3 rings (SSSR count). The highest BCUT2D eigenvalue weighted by Crippen LogP contribution is 2.24. The molecule has 0 saturated carbocycles. The zero-order chi connectivity index (χ0) is 21.0. The number of carbonyl (C=O) groups excluding carboxylic acids is 2. The number of hydrogen-bond donors (Lipinski definition) is 4. The van der Waals surface area contributed by atoms with Gasteiger partial charge in [0.1, 0.15) is 5.82 Å². The molecule has 0 spiro atoms. The van der Waals surface area contributed by atoms with Crippen LogP contribution >= 0.6 is 0 Å². The molecule has 9 heteroatoms. The van der Waals surface area contributed by atoms with Gasteiger partial charge in [-0.3, -0.25) is 4.79 Å². The first-order chi connectivity index (χ1) is 13.9. The zero-order valence-electron chi connectivity index (χ0n) is 16.2. The molecule has 1 aromatic heterocycles. The van der Waals surface area contributed by atoms with Crippen molar-refractivity contribution in [2.45, 2.75) is 13.0 Å². The van der Waals surface area contributed by atoms with Gasteiger partial charge in [0.15, 0.2) is 0 Å². The fourth-order valence-electron chi connectivity index (χ4n) is 3.32. The van der Waals surface area contributed by atoms with Crippen LogP contribution in [0.15, 0.2) is 30.5 Å².